The van der Waals surface area contributed by atoms with Crippen LogP contribution in [0.4, 0.5) is 0 Å². The highest BCUT2D eigenvalue weighted by molar-refractivity contribution is 7.10. The standard InChI is InChI=1S/C11H14O6S/c1-2-15-11(14)8(13)7(12)10-9-6(5-18-10)16-3-4-17-9/h5,7-8,12-13H,2-4H2,1H3. The summed E-state index contributed by atoms with van der Waals surface area (Å²) >= 11 is 1.17. The van der Waals surface area contributed by atoms with Crippen LogP contribution in [0.25, 0.3) is 0 Å². The molecule has 2 N–H and O–H groups in total. The molecule has 1 aromatic rings. The number of aliphatic hydroxyl groups is 2. The van der Waals surface area contributed by atoms with Crippen LogP contribution in [0.2, 0.25) is 0 Å². The Balaban J connectivity index is 2.15. The lowest BCUT2D eigenvalue weighted by Gasteiger charge is -2.20. The van der Waals surface area contributed by atoms with Gasteiger partial charge in [-0.1, -0.05) is 0 Å². The maximum absolute atomic E-state index is 11.3. The number of hydrogen-bond acceptors (Lipinski definition) is 7. The fraction of sp³-hybridized carbons (Fsp3) is 0.545. The fourth-order valence-electron chi connectivity index (χ4n) is 1.59. The van der Waals surface area contributed by atoms with Gasteiger partial charge in [0.25, 0.3) is 0 Å². The normalized spacial score (nSPS) is 17.1. The van der Waals surface area contributed by atoms with Gasteiger partial charge in [0.2, 0.25) is 0 Å². The Labute approximate surface area is 108 Å². The van der Waals surface area contributed by atoms with Crippen LogP contribution in [-0.4, -0.2) is 42.1 Å². The molecule has 0 radical (unpaired) electrons. The molecule has 1 aliphatic rings. The summed E-state index contributed by atoms with van der Waals surface area (Å²) in [6.45, 7) is 2.59. The molecule has 1 aromatic heterocycles. The molecule has 0 aromatic carbocycles. The molecule has 2 rings (SSSR count). The van der Waals surface area contributed by atoms with Crippen LogP contribution < -0.4 is 9.47 Å². The van der Waals surface area contributed by atoms with Gasteiger partial charge in [0, 0.05) is 5.38 Å². The number of ether oxygens (including phenoxy) is 3. The van der Waals surface area contributed by atoms with Crippen LogP contribution in [0.1, 0.15) is 17.9 Å². The highest BCUT2D eigenvalue weighted by Crippen LogP contribution is 2.43. The smallest absolute Gasteiger partial charge is 0.338 e. The van der Waals surface area contributed by atoms with Gasteiger partial charge in [0.05, 0.1) is 11.5 Å². The number of carbonyl (C=O) groups is 1. The molecule has 7 heteroatoms. The molecule has 0 saturated carbocycles. The van der Waals surface area contributed by atoms with Gasteiger partial charge in [0.15, 0.2) is 17.6 Å². The molecular formula is C11H14O6S. The highest BCUT2D eigenvalue weighted by Gasteiger charge is 2.32. The summed E-state index contributed by atoms with van der Waals surface area (Å²) in [6.07, 6.45) is -3.00. The van der Waals surface area contributed by atoms with Crippen LogP contribution in [0.5, 0.6) is 11.5 Å². The third-order valence-corrected chi connectivity index (χ3v) is 3.44. The second kappa shape index (κ2) is 5.55. The van der Waals surface area contributed by atoms with E-state index < -0.39 is 18.2 Å². The van der Waals surface area contributed by atoms with Crippen molar-refractivity contribution in [2.45, 2.75) is 19.1 Å². The topological polar surface area (TPSA) is 85.2 Å². The summed E-state index contributed by atoms with van der Waals surface area (Å²) in [7, 11) is 0. The van der Waals surface area contributed by atoms with Gasteiger partial charge >= 0.3 is 5.97 Å². The zero-order valence-corrected chi connectivity index (χ0v) is 10.6. The van der Waals surface area contributed by atoms with Crippen molar-refractivity contribution in [1.29, 1.82) is 0 Å². The van der Waals surface area contributed by atoms with Gasteiger partial charge in [-0.15, -0.1) is 11.3 Å². The zero-order chi connectivity index (χ0) is 13.1. The third kappa shape index (κ3) is 2.43. The van der Waals surface area contributed by atoms with E-state index in [4.69, 9.17) is 9.47 Å². The van der Waals surface area contributed by atoms with Crippen molar-refractivity contribution in [1.82, 2.24) is 0 Å². The van der Waals surface area contributed by atoms with E-state index in [0.717, 1.165) is 0 Å². The average molecular weight is 274 g/mol. The van der Waals surface area contributed by atoms with Crippen molar-refractivity contribution >= 4 is 17.3 Å². The average Bonchev–Trinajstić information content (AvgIpc) is 2.81. The first kappa shape index (κ1) is 13.1. The quantitative estimate of drug-likeness (QED) is 0.777. The van der Waals surface area contributed by atoms with Crippen LogP contribution in [-0.2, 0) is 9.53 Å². The Kier molecular flexibility index (Phi) is 4.05. The van der Waals surface area contributed by atoms with E-state index in [1.54, 1.807) is 12.3 Å². The lowest BCUT2D eigenvalue weighted by molar-refractivity contribution is -0.159. The monoisotopic (exact) mass is 274 g/mol. The number of rotatable bonds is 4. The van der Waals surface area contributed by atoms with Gasteiger partial charge in [-0.25, -0.2) is 4.79 Å². The Hall–Kier alpha value is -1.31. The number of carbonyl (C=O) groups excluding carboxylic acids is 1. The van der Waals surface area contributed by atoms with Gasteiger partial charge < -0.3 is 24.4 Å². The molecule has 0 saturated heterocycles. The summed E-state index contributed by atoms with van der Waals surface area (Å²) < 4.78 is 15.3. The molecule has 0 bridgehead atoms. The minimum Gasteiger partial charge on any atom is -0.485 e. The number of thiophene rings is 1. The van der Waals surface area contributed by atoms with Crippen molar-refractivity contribution < 1.29 is 29.2 Å². The minimum absolute atomic E-state index is 0.144. The van der Waals surface area contributed by atoms with E-state index >= 15 is 0 Å². The molecule has 0 fully saturated rings. The van der Waals surface area contributed by atoms with Crippen LogP contribution in [0.15, 0.2) is 5.38 Å². The zero-order valence-electron chi connectivity index (χ0n) is 9.79. The summed E-state index contributed by atoms with van der Waals surface area (Å²) in [5, 5.41) is 21.3. The predicted molar refractivity (Wildman–Crippen MR) is 62.9 cm³/mol. The molecule has 6 nitrogen and oxygen atoms in total. The van der Waals surface area contributed by atoms with E-state index in [0.29, 0.717) is 29.6 Å². The molecule has 100 valence electrons. The minimum atomic E-state index is -1.63. The highest BCUT2D eigenvalue weighted by atomic mass is 32.1. The summed E-state index contributed by atoms with van der Waals surface area (Å²) in [6, 6.07) is 0. The van der Waals surface area contributed by atoms with Crippen molar-refractivity contribution in [2.24, 2.45) is 0 Å². The van der Waals surface area contributed by atoms with E-state index in [2.05, 4.69) is 4.74 Å². The van der Waals surface area contributed by atoms with Gasteiger partial charge in [0.1, 0.15) is 19.3 Å². The molecule has 2 heterocycles. The van der Waals surface area contributed by atoms with E-state index in [1.165, 1.54) is 11.3 Å². The third-order valence-electron chi connectivity index (χ3n) is 2.42. The van der Waals surface area contributed by atoms with E-state index in [1.807, 2.05) is 0 Å². The Morgan fingerprint density at radius 3 is 2.94 bits per heavy atom. The predicted octanol–water partition coefficient (Wildman–Crippen LogP) is 0.477. The van der Waals surface area contributed by atoms with E-state index in [-0.39, 0.29) is 6.61 Å². The molecule has 0 spiro atoms. The molecule has 2 unspecified atom stereocenters. The van der Waals surface area contributed by atoms with E-state index in [9.17, 15) is 15.0 Å². The van der Waals surface area contributed by atoms with Crippen molar-refractivity contribution in [3.05, 3.63) is 10.3 Å². The SMILES string of the molecule is CCOC(=O)C(O)C(O)c1scc2c1OCCO2. The number of hydrogen-bond donors (Lipinski definition) is 2. The first-order valence-electron chi connectivity index (χ1n) is 5.55. The van der Waals surface area contributed by atoms with Crippen LogP contribution >= 0.6 is 11.3 Å². The van der Waals surface area contributed by atoms with Crippen molar-refractivity contribution in [3.8, 4) is 11.5 Å². The fourth-order valence-corrected chi connectivity index (χ4v) is 2.53. The lowest BCUT2D eigenvalue weighted by Crippen LogP contribution is -2.30. The first-order chi connectivity index (χ1) is 8.65. The summed E-state index contributed by atoms with van der Waals surface area (Å²) in [5.74, 6) is 0.0577. The maximum atomic E-state index is 11.3. The molecule has 2 atom stereocenters. The van der Waals surface area contributed by atoms with Crippen LogP contribution in [0, 0.1) is 0 Å². The largest absolute Gasteiger partial charge is 0.485 e. The maximum Gasteiger partial charge on any atom is 0.338 e. The molecule has 0 amide bonds. The van der Waals surface area contributed by atoms with Gasteiger partial charge in [-0.05, 0) is 6.92 Å². The summed E-state index contributed by atoms with van der Waals surface area (Å²) in [5.41, 5.74) is 0. The van der Waals surface area contributed by atoms with Crippen molar-refractivity contribution in [2.75, 3.05) is 19.8 Å². The Bertz CT molecular complexity index is 429. The first-order valence-corrected chi connectivity index (χ1v) is 6.42. The van der Waals surface area contributed by atoms with Gasteiger partial charge in [-0.3, -0.25) is 0 Å². The number of aliphatic hydroxyl groups excluding tert-OH is 2. The number of esters is 1. The van der Waals surface area contributed by atoms with Gasteiger partial charge in [-0.2, -0.15) is 0 Å². The lowest BCUT2D eigenvalue weighted by atomic mass is 10.1. The molecule has 1 aliphatic heterocycles. The molecule has 0 aliphatic carbocycles. The second-order valence-corrected chi connectivity index (χ2v) is 4.54. The molecule has 18 heavy (non-hydrogen) atoms. The summed E-state index contributed by atoms with van der Waals surface area (Å²) in [4.78, 5) is 11.7. The van der Waals surface area contributed by atoms with Crippen LogP contribution in [0.3, 0.4) is 0 Å². The van der Waals surface area contributed by atoms with Crippen molar-refractivity contribution in [3.63, 3.8) is 0 Å². The second-order valence-electron chi connectivity index (χ2n) is 3.63. The Morgan fingerprint density at radius 2 is 2.22 bits per heavy atom. The molecular weight excluding hydrogens is 260 g/mol. The Morgan fingerprint density at radius 1 is 1.50 bits per heavy atom. The number of fused-ring (bicyclic) bond motifs is 1.